The van der Waals surface area contributed by atoms with Crippen LogP contribution in [0.15, 0.2) is 47.6 Å². The van der Waals surface area contributed by atoms with Crippen LogP contribution in [-0.4, -0.2) is 40.9 Å². The van der Waals surface area contributed by atoms with Crippen molar-refractivity contribution < 1.29 is 9.53 Å². The Morgan fingerprint density at radius 2 is 1.84 bits per heavy atom. The van der Waals surface area contributed by atoms with E-state index in [1.807, 2.05) is 28.8 Å². The zero-order valence-electron chi connectivity index (χ0n) is 18.7. The molecule has 2 aromatic carbocycles. The van der Waals surface area contributed by atoms with E-state index >= 15 is 0 Å². The van der Waals surface area contributed by atoms with E-state index in [2.05, 4.69) is 47.6 Å². The van der Waals surface area contributed by atoms with Crippen LogP contribution in [0.2, 0.25) is 5.02 Å². The van der Waals surface area contributed by atoms with Gasteiger partial charge in [-0.2, -0.15) is 0 Å². The molecule has 3 aromatic rings. The molecule has 1 amide bonds. The van der Waals surface area contributed by atoms with E-state index in [1.54, 1.807) is 18.9 Å². The van der Waals surface area contributed by atoms with E-state index in [4.69, 9.17) is 16.3 Å². The highest BCUT2D eigenvalue weighted by atomic mass is 35.5. The first kappa shape index (κ1) is 24.3. The van der Waals surface area contributed by atoms with Crippen molar-refractivity contribution in [3.63, 3.8) is 0 Å². The minimum absolute atomic E-state index is 0.00352. The van der Waals surface area contributed by atoms with E-state index in [0.29, 0.717) is 31.0 Å². The van der Waals surface area contributed by atoms with Crippen LogP contribution in [-0.2, 0) is 21.7 Å². The van der Waals surface area contributed by atoms with E-state index in [0.717, 1.165) is 28.8 Å². The number of carbonyl (C=O) groups is 1. The topological polar surface area (TPSA) is 69.0 Å². The summed E-state index contributed by atoms with van der Waals surface area (Å²) in [4.78, 5) is 12.2. The van der Waals surface area contributed by atoms with Crippen LogP contribution < -0.4 is 5.32 Å². The SMILES string of the molecule is COCCCNC(=O)CCc1nnc(SCc2cc(C)cc(C)c2)n1-c1ccc(Cl)cc1. The molecule has 32 heavy (non-hydrogen) atoms. The molecule has 0 atom stereocenters. The number of methoxy groups -OCH3 is 1. The Bertz CT molecular complexity index is 1020. The van der Waals surface area contributed by atoms with Crippen molar-refractivity contribution in [2.75, 3.05) is 20.3 Å². The zero-order valence-corrected chi connectivity index (χ0v) is 20.3. The first-order chi connectivity index (χ1) is 15.5. The quantitative estimate of drug-likeness (QED) is 0.317. The second-order valence-corrected chi connectivity index (χ2v) is 9.07. The molecule has 0 bridgehead atoms. The highest BCUT2D eigenvalue weighted by molar-refractivity contribution is 7.98. The molecule has 8 heteroatoms. The molecule has 0 saturated heterocycles. The summed E-state index contributed by atoms with van der Waals surface area (Å²) < 4.78 is 7.03. The van der Waals surface area contributed by atoms with Gasteiger partial charge in [-0.05, 0) is 50.1 Å². The summed E-state index contributed by atoms with van der Waals surface area (Å²) in [5.74, 6) is 1.53. The Hall–Kier alpha value is -2.35. The second-order valence-electron chi connectivity index (χ2n) is 7.69. The molecule has 1 aromatic heterocycles. The van der Waals surface area contributed by atoms with Gasteiger partial charge in [-0.3, -0.25) is 9.36 Å². The lowest BCUT2D eigenvalue weighted by molar-refractivity contribution is -0.121. The summed E-state index contributed by atoms with van der Waals surface area (Å²) in [6, 6.07) is 14.1. The molecule has 1 heterocycles. The van der Waals surface area contributed by atoms with Crippen LogP contribution in [0.3, 0.4) is 0 Å². The Morgan fingerprint density at radius 1 is 1.12 bits per heavy atom. The van der Waals surface area contributed by atoms with Crippen molar-refractivity contribution in [1.82, 2.24) is 20.1 Å². The van der Waals surface area contributed by atoms with Crippen LogP contribution in [0.4, 0.5) is 0 Å². The van der Waals surface area contributed by atoms with Gasteiger partial charge in [-0.15, -0.1) is 10.2 Å². The van der Waals surface area contributed by atoms with Gasteiger partial charge in [0.1, 0.15) is 5.82 Å². The molecule has 0 aliphatic carbocycles. The highest BCUT2D eigenvalue weighted by Gasteiger charge is 2.16. The molecule has 0 unspecified atom stereocenters. The molecule has 0 radical (unpaired) electrons. The second kappa shape index (κ2) is 12.0. The molecule has 170 valence electrons. The van der Waals surface area contributed by atoms with Crippen molar-refractivity contribution >= 4 is 29.3 Å². The normalized spacial score (nSPS) is 11.0. The first-order valence-electron chi connectivity index (χ1n) is 10.6. The molecule has 0 aliphatic rings. The van der Waals surface area contributed by atoms with E-state index < -0.39 is 0 Å². The van der Waals surface area contributed by atoms with Crippen LogP contribution in [0.5, 0.6) is 0 Å². The molecule has 0 fully saturated rings. The first-order valence-corrected chi connectivity index (χ1v) is 12.0. The third-order valence-corrected chi connectivity index (χ3v) is 6.11. The van der Waals surface area contributed by atoms with Crippen molar-refractivity contribution in [2.45, 2.75) is 44.0 Å². The number of benzene rings is 2. The lowest BCUT2D eigenvalue weighted by Gasteiger charge is -2.11. The lowest BCUT2D eigenvalue weighted by atomic mass is 10.1. The van der Waals surface area contributed by atoms with Crippen LogP contribution in [0, 0.1) is 13.8 Å². The standard InChI is InChI=1S/C24H29ClN4O2S/c1-17-13-18(2)15-19(14-17)16-32-24-28-27-22(9-10-23(30)26-11-4-12-31-3)29(24)21-7-5-20(25)6-8-21/h5-8,13-15H,4,9-12,16H2,1-3H3,(H,26,30). The maximum absolute atomic E-state index is 12.2. The molecule has 0 aliphatic heterocycles. The van der Waals surface area contributed by atoms with Crippen molar-refractivity contribution in [2.24, 2.45) is 0 Å². The van der Waals surface area contributed by atoms with Gasteiger partial charge in [-0.1, -0.05) is 52.7 Å². The van der Waals surface area contributed by atoms with Gasteiger partial charge in [0, 0.05) is 49.6 Å². The highest BCUT2D eigenvalue weighted by Crippen LogP contribution is 2.27. The summed E-state index contributed by atoms with van der Waals surface area (Å²) in [5.41, 5.74) is 4.67. The smallest absolute Gasteiger partial charge is 0.220 e. The predicted molar refractivity (Wildman–Crippen MR) is 130 cm³/mol. The maximum Gasteiger partial charge on any atom is 0.220 e. The predicted octanol–water partition coefficient (Wildman–Crippen LogP) is 4.92. The van der Waals surface area contributed by atoms with Crippen LogP contribution in [0.25, 0.3) is 5.69 Å². The minimum atomic E-state index is -0.00352. The number of nitrogens with zero attached hydrogens (tertiary/aromatic N) is 3. The third kappa shape index (κ3) is 7.08. The largest absolute Gasteiger partial charge is 0.385 e. The summed E-state index contributed by atoms with van der Waals surface area (Å²) in [6.07, 6.45) is 1.64. The van der Waals surface area contributed by atoms with Crippen LogP contribution in [0.1, 0.15) is 35.4 Å². The number of ether oxygens (including phenoxy) is 1. The number of thioether (sulfide) groups is 1. The van der Waals surface area contributed by atoms with Crippen molar-refractivity contribution in [1.29, 1.82) is 0 Å². The summed E-state index contributed by atoms with van der Waals surface area (Å²) in [7, 11) is 1.65. The van der Waals surface area contributed by atoms with Gasteiger partial charge in [0.2, 0.25) is 5.91 Å². The fourth-order valence-corrected chi connectivity index (χ4v) is 4.49. The maximum atomic E-state index is 12.2. The van der Waals surface area contributed by atoms with E-state index in [9.17, 15) is 4.79 Å². The molecular weight excluding hydrogens is 444 g/mol. The number of halogens is 1. The van der Waals surface area contributed by atoms with Gasteiger partial charge in [0.05, 0.1) is 0 Å². The number of aromatic nitrogens is 3. The molecular formula is C24H29ClN4O2S. The number of hydrogen-bond acceptors (Lipinski definition) is 5. The number of rotatable bonds is 11. The average molecular weight is 473 g/mol. The fraction of sp³-hybridized carbons (Fsp3) is 0.375. The number of aryl methyl sites for hydroxylation is 3. The van der Waals surface area contributed by atoms with Gasteiger partial charge in [0.25, 0.3) is 0 Å². The molecule has 3 rings (SSSR count). The number of hydrogen-bond donors (Lipinski definition) is 1. The lowest BCUT2D eigenvalue weighted by Crippen LogP contribution is -2.25. The van der Waals surface area contributed by atoms with E-state index in [-0.39, 0.29) is 5.91 Å². The number of amides is 1. The Labute approximate surface area is 198 Å². The molecule has 0 spiro atoms. The number of nitrogens with one attached hydrogen (secondary N) is 1. The zero-order chi connectivity index (χ0) is 22.9. The van der Waals surface area contributed by atoms with Gasteiger partial charge in [-0.25, -0.2) is 0 Å². The van der Waals surface area contributed by atoms with E-state index in [1.165, 1.54) is 16.7 Å². The fourth-order valence-electron chi connectivity index (χ4n) is 3.46. The Balaban J connectivity index is 1.74. The number of carbonyl (C=O) groups excluding carboxylic acids is 1. The summed E-state index contributed by atoms with van der Waals surface area (Å²) in [6.45, 7) is 5.45. The molecule has 6 nitrogen and oxygen atoms in total. The Morgan fingerprint density at radius 3 is 2.53 bits per heavy atom. The summed E-state index contributed by atoms with van der Waals surface area (Å²) in [5, 5.41) is 13.2. The van der Waals surface area contributed by atoms with Crippen molar-refractivity contribution in [3.05, 3.63) is 70.0 Å². The van der Waals surface area contributed by atoms with Crippen LogP contribution >= 0.6 is 23.4 Å². The average Bonchev–Trinajstić information content (AvgIpc) is 3.16. The Kier molecular flexibility index (Phi) is 9.14. The summed E-state index contributed by atoms with van der Waals surface area (Å²) >= 11 is 7.72. The minimum Gasteiger partial charge on any atom is -0.385 e. The monoisotopic (exact) mass is 472 g/mol. The van der Waals surface area contributed by atoms with Gasteiger partial charge < -0.3 is 10.1 Å². The third-order valence-electron chi connectivity index (χ3n) is 4.86. The van der Waals surface area contributed by atoms with Gasteiger partial charge >= 0.3 is 0 Å². The molecule has 1 N–H and O–H groups in total. The van der Waals surface area contributed by atoms with Crippen molar-refractivity contribution in [3.8, 4) is 5.69 Å². The molecule has 0 saturated carbocycles. The van der Waals surface area contributed by atoms with Gasteiger partial charge in [0.15, 0.2) is 5.16 Å².